The summed E-state index contributed by atoms with van der Waals surface area (Å²) in [6, 6.07) is 0. The zero-order valence-corrected chi connectivity index (χ0v) is 8.54. The lowest BCUT2D eigenvalue weighted by Crippen LogP contribution is -2.40. The quantitative estimate of drug-likeness (QED) is 0.635. The van der Waals surface area contributed by atoms with Crippen LogP contribution in [-0.2, 0) is 9.47 Å². The van der Waals surface area contributed by atoms with Gasteiger partial charge in [0.25, 0.3) is 0 Å². The topological polar surface area (TPSA) is 18.5 Å². The van der Waals surface area contributed by atoms with Crippen molar-refractivity contribution in [2.24, 2.45) is 11.8 Å². The highest BCUT2D eigenvalue weighted by Gasteiger charge is 2.29. The first-order valence-electron chi connectivity index (χ1n) is 4.84. The normalized spacial score (nSPS) is 37.2. The van der Waals surface area contributed by atoms with E-state index >= 15 is 0 Å². The van der Waals surface area contributed by atoms with Gasteiger partial charge in [-0.15, -0.1) is 0 Å². The molecule has 3 atom stereocenters. The molecule has 2 heteroatoms. The van der Waals surface area contributed by atoms with Crippen LogP contribution < -0.4 is 0 Å². The molecule has 1 saturated heterocycles. The highest BCUT2D eigenvalue weighted by molar-refractivity contribution is 4.76. The largest absolute Gasteiger partial charge is 0.381 e. The predicted molar refractivity (Wildman–Crippen MR) is 49.2 cm³/mol. The molecule has 12 heavy (non-hydrogen) atoms. The van der Waals surface area contributed by atoms with Gasteiger partial charge in [-0.3, -0.25) is 0 Å². The average molecular weight is 172 g/mol. The van der Waals surface area contributed by atoms with Crippen LogP contribution in [0.25, 0.3) is 0 Å². The van der Waals surface area contributed by atoms with Crippen LogP contribution in [0.15, 0.2) is 0 Å². The van der Waals surface area contributed by atoms with Gasteiger partial charge in [0.2, 0.25) is 0 Å². The summed E-state index contributed by atoms with van der Waals surface area (Å²) in [5.41, 5.74) is 0. The molecule has 0 bridgehead atoms. The van der Waals surface area contributed by atoms with E-state index in [0.29, 0.717) is 24.0 Å². The van der Waals surface area contributed by atoms with Crippen molar-refractivity contribution < 1.29 is 9.47 Å². The molecule has 0 unspecified atom stereocenters. The van der Waals surface area contributed by atoms with Gasteiger partial charge in [0.15, 0.2) is 0 Å². The molecular weight excluding hydrogens is 152 g/mol. The summed E-state index contributed by atoms with van der Waals surface area (Å²) in [6.45, 7) is 10.3. The highest BCUT2D eigenvalue weighted by atomic mass is 16.5. The Morgan fingerprint density at radius 3 is 2.08 bits per heavy atom. The summed E-state index contributed by atoms with van der Waals surface area (Å²) >= 11 is 0. The maximum absolute atomic E-state index is 5.84. The van der Waals surface area contributed by atoms with Gasteiger partial charge in [-0.1, -0.05) is 13.8 Å². The van der Waals surface area contributed by atoms with Crippen LogP contribution >= 0.6 is 0 Å². The minimum atomic E-state index is 0.331. The smallest absolute Gasteiger partial charge is 0.0673 e. The summed E-state index contributed by atoms with van der Waals surface area (Å²) in [5.74, 6) is 1.08. The Balaban J connectivity index is 2.45. The number of hydrogen-bond acceptors (Lipinski definition) is 2. The van der Waals surface area contributed by atoms with Crippen molar-refractivity contribution in [3.05, 3.63) is 0 Å². The van der Waals surface area contributed by atoms with E-state index < -0.39 is 0 Å². The van der Waals surface area contributed by atoms with Crippen molar-refractivity contribution >= 4 is 0 Å². The molecule has 1 fully saturated rings. The fourth-order valence-electron chi connectivity index (χ4n) is 1.77. The lowest BCUT2D eigenvalue weighted by atomic mass is 9.92. The third kappa shape index (κ3) is 2.46. The third-order valence-electron chi connectivity index (χ3n) is 2.31. The Bertz CT molecular complexity index is 124. The van der Waals surface area contributed by atoms with E-state index in [9.17, 15) is 0 Å². The Kier molecular flexibility index (Phi) is 3.53. The molecule has 1 aliphatic heterocycles. The van der Waals surface area contributed by atoms with Crippen molar-refractivity contribution in [3.8, 4) is 0 Å². The van der Waals surface area contributed by atoms with Crippen LogP contribution in [0.5, 0.6) is 0 Å². The SMILES string of the molecule is CC(C)O[C@H]1[C@H](C)COC[C@@H]1C. The molecule has 0 aromatic heterocycles. The molecule has 0 aromatic rings. The van der Waals surface area contributed by atoms with E-state index in [1.165, 1.54) is 0 Å². The van der Waals surface area contributed by atoms with Crippen LogP contribution in [0.4, 0.5) is 0 Å². The van der Waals surface area contributed by atoms with Crippen LogP contribution in [0.1, 0.15) is 27.7 Å². The van der Waals surface area contributed by atoms with Gasteiger partial charge >= 0.3 is 0 Å². The molecule has 0 spiro atoms. The van der Waals surface area contributed by atoms with Gasteiger partial charge in [-0.2, -0.15) is 0 Å². The number of hydrogen-bond donors (Lipinski definition) is 0. The van der Waals surface area contributed by atoms with Crippen molar-refractivity contribution in [3.63, 3.8) is 0 Å². The van der Waals surface area contributed by atoms with Crippen LogP contribution in [0.3, 0.4) is 0 Å². The highest BCUT2D eigenvalue weighted by Crippen LogP contribution is 2.23. The fourth-order valence-corrected chi connectivity index (χ4v) is 1.77. The standard InChI is InChI=1S/C10H20O2/c1-7(2)12-10-8(3)5-11-6-9(10)4/h7-10H,5-6H2,1-4H3/t8-,9+,10+. The van der Waals surface area contributed by atoms with E-state index in [4.69, 9.17) is 9.47 Å². The van der Waals surface area contributed by atoms with Crippen molar-refractivity contribution in [2.45, 2.75) is 39.9 Å². The average Bonchev–Trinajstić information content (AvgIpc) is 1.97. The molecular formula is C10H20O2. The van der Waals surface area contributed by atoms with Crippen molar-refractivity contribution in [2.75, 3.05) is 13.2 Å². The third-order valence-corrected chi connectivity index (χ3v) is 2.31. The second-order valence-electron chi connectivity index (χ2n) is 4.14. The van der Waals surface area contributed by atoms with E-state index in [1.54, 1.807) is 0 Å². The van der Waals surface area contributed by atoms with E-state index in [2.05, 4.69) is 27.7 Å². The molecule has 0 N–H and O–H groups in total. The molecule has 1 rings (SSSR count). The van der Waals surface area contributed by atoms with E-state index in [1.807, 2.05) is 0 Å². The molecule has 72 valence electrons. The molecule has 0 radical (unpaired) electrons. The summed E-state index contributed by atoms with van der Waals surface area (Å²) < 4.78 is 11.3. The molecule has 0 saturated carbocycles. The Morgan fingerprint density at radius 1 is 1.17 bits per heavy atom. The molecule has 0 amide bonds. The molecule has 0 aromatic carbocycles. The minimum Gasteiger partial charge on any atom is -0.381 e. The first-order valence-corrected chi connectivity index (χ1v) is 4.84. The summed E-state index contributed by atoms with van der Waals surface area (Å²) in [5, 5.41) is 0. The second-order valence-corrected chi connectivity index (χ2v) is 4.14. The van der Waals surface area contributed by atoms with Gasteiger partial charge < -0.3 is 9.47 Å². The molecule has 0 aliphatic carbocycles. The molecule has 2 nitrogen and oxygen atoms in total. The molecule has 1 heterocycles. The van der Waals surface area contributed by atoms with Crippen LogP contribution in [0.2, 0.25) is 0 Å². The minimum absolute atomic E-state index is 0.331. The first kappa shape index (κ1) is 10.0. The second kappa shape index (κ2) is 4.24. The Hall–Kier alpha value is -0.0800. The maximum atomic E-state index is 5.84. The number of ether oxygens (including phenoxy) is 2. The van der Waals surface area contributed by atoms with Gasteiger partial charge in [0.05, 0.1) is 25.4 Å². The summed E-state index contributed by atoms with van der Waals surface area (Å²) in [6.07, 6.45) is 0.719. The zero-order chi connectivity index (χ0) is 9.14. The van der Waals surface area contributed by atoms with E-state index in [-0.39, 0.29) is 0 Å². The lowest BCUT2D eigenvalue weighted by Gasteiger charge is -2.35. The number of rotatable bonds is 2. The maximum Gasteiger partial charge on any atom is 0.0673 e. The van der Waals surface area contributed by atoms with Gasteiger partial charge in [0.1, 0.15) is 0 Å². The van der Waals surface area contributed by atoms with Gasteiger partial charge in [0, 0.05) is 11.8 Å². The first-order chi connectivity index (χ1) is 5.61. The summed E-state index contributed by atoms with van der Waals surface area (Å²) in [7, 11) is 0. The lowest BCUT2D eigenvalue weighted by molar-refractivity contribution is -0.120. The summed E-state index contributed by atoms with van der Waals surface area (Å²) in [4.78, 5) is 0. The predicted octanol–water partition coefficient (Wildman–Crippen LogP) is 2.08. The monoisotopic (exact) mass is 172 g/mol. The van der Waals surface area contributed by atoms with E-state index in [0.717, 1.165) is 13.2 Å². The zero-order valence-electron chi connectivity index (χ0n) is 8.54. The van der Waals surface area contributed by atoms with Crippen molar-refractivity contribution in [1.82, 2.24) is 0 Å². The Labute approximate surface area is 75.2 Å². The Morgan fingerprint density at radius 2 is 1.67 bits per heavy atom. The van der Waals surface area contributed by atoms with Gasteiger partial charge in [-0.25, -0.2) is 0 Å². The van der Waals surface area contributed by atoms with Crippen LogP contribution in [0, 0.1) is 11.8 Å². The van der Waals surface area contributed by atoms with Gasteiger partial charge in [-0.05, 0) is 13.8 Å². The fraction of sp³-hybridized carbons (Fsp3) is 1.00. The molecule has 1 aliphatic rings. The van der Waals surface area contributed by atoms with Crippen LogP contribution in [-0.4, -0.2) is 25.4 Å². The van der Waals surface area contributed by atoms with Crippen molar-refractivity contribution in [1.29, 1.82) is 0 Å².